The lowest BCUT2D eigenvalue weighted by atomic mass is 10.0. The van der Waals surface area contributed by atoms with Crippen molar-refractivity contribution in [3.8, 4) is 5.69 Å². The second kappa shape index (κ2) is 12.5. The van der Waals surface area contributed by atoms with Crippen molar-refractivity contribution in [1.82, 2.24) is 20.5 Å². The summed E-state index contributed by atoms with van der Waals surface area (Å²) in [5, 5.41) is 11.9. The van der Waals surface area contributed by atoms with Crippen LogP contribution in [-0.4, -0.2) is 36.6 Å². The van der Waals surface area contributed by atoms with Gasteiger partial charge in [0.1, 0.15) is 5.69 Å². The molecule has 0 radical (unpaired) electrons. The van der Waals surface area contributed by atoms with Crippen LogP contribution in [-0.2, 0) is 6.54 Å². The third-order valence-corrected chi connectivity index (χ3v) is 5.45. The molecule has 4 N–H and O–H groups in total. The van der Waals surface area contributed by atoms with Gasteiger partial charge in [0.15, 0.2) is 0 Å². The predicted molar refractivity (Wildman–Crippen MR) is 133 cm³/mol. The number of nitrogens with zero attached hydrogens (tertiary/aromatic N) is 1. The minimum atomic E-state index is -0.280. The Bertz CT molecular complexity index is 1020. The number of benzene rings is 2. The van der Waals surface area contributed by atoms with Gasteiger partial charge in [0.25, 0.3) is 5.91 Å². The van der Waals surface area contributed by atoms with Crippen LogP contribution in [0, 0.1) is 5.92 Å². The van der Waals surface area contributed by atoms with Crippen LogP contribution >= 0.6 is 0 Å². The van der Waals surface area contributed by atoms with Crippen molar-refractivity contribution in [2.24, 2.45) is 5.92 Å². The van der Waals surface area contributed by atoms with E-state index >= 15 is 0 Å². The first-order valence-corrected chi connectivity index (χ1v) is 11.4. The zero-order chi connectivity index (χ0) is 23.5. The molecule has 0 fully saturated rings. The van der Waals surface area contributed by atoms with E-state index in [0.29, 0.717) is 30.4 Å². The van der Waals surface area contributed by atoms with Gasteiger partial charge in [-0.15, -0.1) is 0 Å². The summed E-state index contributed by atoms with van der Waals surface area (Å²) in [6, 6.07) is 20.8. The molecule has 0 bridgehead atoms. The fraction of sp³-hybridized carbons (Fsp3) is 0.308. The Labute approximate surface area is 195 Å². The molecule has 1 atom stereocenters. The van der Waals surface area contributed by atoms with Crippen LogP contribution in [0.3, 0.4) is 0 Å². The van der Waals surface area contributed by atoms with Crippen molar-refractivity contribution >= 4 is 17.6 Å². The summed E-state index contributed by atoms with van der Waals surface area (Å²) < 4.78 is 1.79. The highest BCUT2D eigenvalue weighted by molar-refractivity contribution is 5.96. The third kappa shape index (κ3) is 7.50. The average molecular weight is 448 g/mol. The van der Waals surface area contributed by atoms with E-state index in [1.807, 2.05) is 67.7 Å². The second-order valence-electron chi connectivity index (χ2n) is 8.15. The Morgan fingerprint density at radius 2 is 1.58 bits per heavy atom. The molecule has 2 aromatic carbocycles. The van der Waals surface area contributed by atoms with E-state index in [9.17, 15) is 9.59 Å². The van der Waals surface area contributed by atoms with Gasteiger partial charge < -0.3 is 25.8 Å². The lowest BCUT2D eigenvalue weighted by molar-refractivity contribution is 0.0944. The highest BCUT2D eigenvalue weighted by Crippen LogP contribution is 2.20. The van der Waals surface area contributed by atoms with Crippen molar-refractivity contribution in [3.63, 3.8) is 0 Å². The molecule has 7 nitrogen and oxygen atoms in total. The van der Waals surface area contributed by atoms with Crippen molar-refractivity contribution < 1.29 is 9.59 Å². The van der Waals surface area contributed by atoms with Gasteiger partial charge in [-0.25, -0.2) is 4.79 Å². The topological polar surface area (TPSA) is 87.2 Å². The molecule has 0 aliphatic heterocycles. The second-order valence-corrected chi connectivity index (χ2v) is 8.15. The zero-order valence-corrected chi connectivity index (χ0v) is 19.3. The maximum absolute atomic E-state index is 13.0. The highest BCUT2D eigenvalue weighted by atomic mass is 16.2. The number of hydrogen-bond donors (Lipinski definition) is 4. The molecule has 0 saturated heterocycles. The standard InChI is InChI=1S/C26H33N5O2/c1-20(13-15-27-2)14-16-28-26(33)30-22-17-24(31(19-22)23-11-7-4-8-12-23)25(32)29-18-21-9-5-3-6-10-21/h3-12,17,19-20,27H,13-16,18H2,1-2H3,(H,29,32)(H2,28,30,33). The van der Waals surface area contributed by atoms with Gasteiger partial charge in [-0.3, -0.25) is 4.79 Å². The number of carbonyl (C=O) groups is 2. The van der Waals surface area contributed by atoms with Crippen LogP contribution in [0.25, 0.3) is 5.69 Å². The number of carbonyl (C=O) groups excluding carboxylic acids is 2. The number of anilines is 1. The Kier molecular flexibility index (Phi) is 9.08. The summed E-state index contributed by atoms with van der Waals surface area (Å²) in [6.07, 6.45) is 3.75. The largest absolute Gasteiger partial charge is 0.347 e. The zero-order valence-electron chi connectivity index (χ0n) is 19.3. The molecule has 1 unspecified atom stereocenters. The number of hydrogen-bond acceptors (Lipinski definition) is 3. The normalized spacial score (nSPS) is 11.6. The molecular formula is C26H33N5O2. The van der Waals surface area contributed by atoms with Crippen LogP contribution in [0.5, 0.6) is 0 Å². The van der Waals surface area contributed by atoms with Crippen molar-refractivity contribution in [2.45, 2.75) is 26.3 Å². The molecule has 3 amide bonds. The smallest absolute Gasteiger partial charge is 0.319 e. The molecule has 3 rings (SSSR count). The molecule has 0 aliphatic carbocycles. The maximum atomic E-state index is 13.0. The summed E-state index contributed by atoms with van der Waals surface area (Å²) in [5.41, 5.74) is 2.87. The third-order valence-electron chi connectivity index (χ3n) is 5.45. The Morgan fingerprint density at radius 1 is 0.909 bits per heavy atom. The Hall–Kier alpha value is -3.58. The van der Waals surface area contributed by atoms with E-state index in [2.05, 4.69) is 28.2 Å². The number of rotatable bonds is 11. The maximum Gasteiger partial charge on any atom is 0.319 e. The van der Waals surface area contributed by atoms with Gasteiger partial charge in [-0.05, 0) is 56.1 Å². The highest BCUT2D eigenvalue weighted by Gasteiger charge is 2.16. The number of aromatic nitrogens is 1. The molecule has 7 heteroatoms. The SMILES string of the molecule is CNCCC(C)CCNC(=O)Nc1cc(C(=O)NCc2ccccc2)n(-c2ccccc2)c1. The van der Waals surface area contributed by atoms with Gasteiger partial charge in [-0.1, -0.05) is 55.5 Å². The molecule has 0 saturated carbocycles. The summed E-state index contributed by atoms with van der Waals surface area (Å²) in [5.74, 6) is 0.311. The number of nitrogens with one attached hydrogen (secondary N) is 4. The van der Waals surface area contributed by atoms with E-state index in [-0.39, 0.29) is 11.9 Å². The van der Waals surface area contributed by atoms with Crippen molar-refractivity contribution in [2.75, 3.05) is 25.5 Å². The van der Waals surface area contributed by atoms with Crippen LogP contribution < -0.4 is 21.3 Å². The van der Waals surface area contributed by atoms with Crippen LogP contribution in [0.2, 0.25) is 0 Å². The molecule has 1 heterocycles. The molecular weight excluding hydrogens is 414 g/mol. The van der Waals surface area contributed by atoms with Crippen molar-refractivity contribution in [3.05, 3.63) is 84.2 Å². The van der Waals surface area contributed by atoms with E-state index in [1.54, 1.807) is 16.8 Å². The summed E-state index contributed by atoms with van der Waals surface area (Å²) in [4.78, 5) is 25.4. The predicted octanol–water partition coefficient (Wildman–Crippen LogP) is 4.16. The number of para-hydroxylation sites is 1. The van der Waals surface area contributed by atoms with Crippen LogP contribution in [0.4, 0.5) is 10.5 Å². The monoisotopic (exact) mass is 447 g/mol. The first kappa shape index (κ1) is 24.1. The molecule has 3 aromatic rings. The lowest BCUT2D eigenvalue weighted by Crippen LogP contribution is -2.30. The fourth-order valence-corrected chi connectivity index (χ4v) is 3.52. The van der Waals surface area contributed by atoms with Gasteiger partial charge >= 0.3 is 6.03 Å². The van der Waals surface area contributed by atoms with E-state index in [0.717, 1.165) is 30.6 Å². The van der Waals surface area contributed by atoms with Gasteiger partial charge in [0, 0.05) is 25.0 Å². The minimum Gasteiger partial charge on any atom is -0.347 e. The minimum absolute atomic E-state index is 0.213. The number of urea groups is 1. The summed E-state index contributed by atoms with van der Waals surface area (Å²) >= 11 is 0. The molecule has 1 aromatic heterocycles. The number of amides is 3. The summed E-state index contributed by atoms with van der Waals surface area (Å²) in [7, 11) is 1.94. The Balaban J connectivity index is 1.65. The first-order valence-electron chi connectivity index (χ1n) is 11.4. The van der Waals surface area contributed by atoms with E-state index in [1.165, 1.54) is 0 Å². The van der Waals surface area contributed by atoms with Crippen LogP contribution in [0.1, 0.15) is 35.8 Å². The van der Waals surface area contributed by atoms with Crippen molar-refractivity contribution in [1.29, 1.82) is 0 Å². The Morgan fingerprint density at radius 3 is 2.27 bits per heavy atom. The molecule has 33 heavy (non-hydrogen) atoms. The van der Waals surface area contributed by atoms with Gasteiger partial charge in [-0.2, -0.15) is 0 Å². The van der Waals surface area contributed by atoms with Gasteiger partial charge in [0.05, 0.1) is 5.69 Å². The average Bonchev–Trinajstić information content (AvgIpc) is 3.26. The van der Waals surface area contributed by atoms with Gasteiger partial charge in [0.2, 0.25) is 0 Å². The summed E-state index contributed by atoms with van der Waals surface area (Å²) in [6.45, 7) is 4.17. The van der Waals surface area contributed by atoms with E-state index < -0.39 is 0 Å². The van der Waals surface area contributed by atoms with E-state index in [4.69, 9.17) is 0 Å². The molecule has 0 spiro atoms. The first-order chi connectivity index (χ1) is 16.1. The lowest BCUT2D eigenvalue weighted by Gasteiger charge is -2.11. The fourth-order valence-electron chi connectivity index (χ4n) is 3.52. The molecule has 0 aliphatic rings. The quantitative estimate of drug-likeness (QED) is 0.356. The molecule has 174 valence electrons. The van der Waals surface area contributed by atoms with Crippen LogP contribution in [0.15, 0.2) is 72.9 Å².